The summed E-state index contributed by atoms with van der Waals surface area (Å²) in [5.41, 5.74) is 0.467. The maximum absolute atomic E-state index is 12.0. The standard InChI is InChI=1S/C14H11N3O4/c1-19-11-7-12(20-2)17-13(16-11)14(18)21-10-5-3-9(8-15)4-6-10/h3-7H,1-2H3. The lowest BCUT2D eigenvalue weighted by Crippen LogP contribution is -2.14. The number of benzene rings is 1. The van der Waals surface area contributed by atoms with Crippen molar-refractivity contribution in [3.05, 3.63) is 41.7 Å². The monoisotopic (exact) mass is 285 g/mol. The molecule has 0 N–H and O–H groups in total. The van der Waals surface area contributed by atoms with Crippen molar-refractivity contribution >= 4 is 5.97 Å². The number of nitriles is 1. The second kappa shape index (κ2) is 6.34. The molecule has 1 aromatic carbocycles. The summed E-state index contributed by atoms with van der Waals surface area (Å²) < 4.78 is 15.0. The number of aromatic nitrogens is 2. The molecule has 0 amide bonds. The van der Waals surface area contributed by atoms with Gasteiger partial charge in [-0.25, -0.2) is 4.79 Å². The zero-order valence-electron chi connectivity index (χ0n) is 11.4. The van der Waals surface area contributed by atoms with Gasteiger partial charge in [0.2, 0.25) is 17.6 Å². The van der Waals surface area contributed by atoms with Crippen molar-refractivity contribution in [1.29, 1.82) is 5.26 Å². The Hall–Kier alpha value is -3.14. The second-order valence-electron chi connectivity index (χ2n) is 3.80. The summed E-state index contributed by atoms with van der Waals surface area (Å²) in [6.07, 6.45) is 0. The van der Waals surface area contributed by atoms with Gasteiger partial charge in [0.1, 0.15) is 5.75 Å². The topological polar surface area (TPSA) is 94.3 Å². The zero-order chi connectivity index (χ0) is 15.2. The highest BCUT2D eigenvalue weighted by Gasteiger charge is 2.16. The van der Waals surface area contributed by atoms with Crippen LogP contribution in [0.5, 0.6) is 17.5 Å². The van der Waals surface area contributed by atoms with Crippen LogP contribution < -0.4 is 14.2 Å². The quantitative estimate of drug-likeness (QED) is 0.621. The number of carbonyl (C=O) groups is 1. The number of carbonyl (C=O) groups excluding carboxylic acids is 1. The van der Waals surface area contributed by atoms with E-state index >= 15 is 0 Å². The van der Waals surface area contributed by atoms with Crippen LogP contribution in [0.1, 0.15) is 16.2 Å². The second-order valence-corrected chi connectivity index (χ2v) is 3.80. The van der Waals surface area contributed by atoms with Crippen molar-refractivity contribution in [3.63, 3.8) is 0 Å². The molecule has 0 spiro atoms. The average Bonchev–Trinajstić information content (AvgIpc) is 2.54. The molecule has 0 radical (unpaired) electrons. The molecule has 2 aromatic rings. The van der Waals surface area contributed by atoms with Crippen LogP contribution in [0.25, 0.3) is 0 Å². The van der Waals surface area contributed by atoms with Crippen LogP contribution in [-0.4, -0.2) is 30.2 Å². The SMILES string of the molecule is COc1cc(OC)nc(C(=O)Oc2ccc(C#N)cc2)n1. The molecule has 0 saturated carbocycles. The smallest absolute Gasteiger partial charge is 0.382 e. The number of methoxy groups -OCH3 is 2. The van der Waals surface area contributed by atoms with Crippen LogP contribution in [0.4, 0.5) is 0 Å². The normalized spacial score (nSPS) is 9.57. The van der Waals surface area contributed by atoms with Crippen LogP contribution in [-0.2, 0) is 0 Å². The maximum Gasteiger partial charge on any atom is 0.382 e. The van der Waals surface area contributed by atoms with Gasteiger partial charge in [-0.05, 0) is 24.3 Å². The van der Waals surface area contributed by atoms with E-state index in [1.165, 1.54) is 44.6 Å². The Balaban J connectivity index is 2.21. The van der Waals surface area contributed by atoms with Gasteiger partial charge in [0.25, 0.3) is 0 Å². The van der Waals surface area contributed by atoms with Gasteiger partial charge in [-0.1, -0.05) is 0 Å². The Kier molecular flexibility index (Phi) is 4.31. The Bertz CT molecular complexity index is 670. The predicted octanol–water partition coefficient (Wildman–Crippen LogP) is 1.58. The largest absolute Gasteiger partial charge is 0.481 e. The van der Waals surface area contributed by atoms with Gasteiger partial charge in [-0.2, -0.15) is 15.2 Å². The lowest BCUT2D eigenvalue weighted by molar-refractivity contribution is 0.0719. The van der Waals surface area contributed by atoms with E-state index in [1.54, 1.807) is 0 Å². The minimum absolute atomic E-state index is 0.185. The fourth-order valence-corrected chi connectivity index (χ4v) is 1.45. The molecule has 0 aliphatic rings. The van der Waals surface area contributed by atoms with Crippen molar-refractivity contribution in [2.45, 2.75) is 0 Å². The van der Waals surface area contributed by atoms with Crippen LogP contribution in [0.3, 0.4) is 0 Å². The summed E-state index contributed by atoms with van der Waals surface area (Å²) in [6, 6.07) is 9.50. The zero-order valence-corrected chi connectivity index (χ0v) is 11.4. The molecule has 1 heterocycles. The molecule has 0 fully saturated rings. The van der Waals surface area contributed by atoms with Crippen LogP contribution >= 0.6 is 0 Å². The molecule has 21 heavy (non-hydrogen) atoms. The van der Waals surface area contributed by atoms with Crippen molar-refractivity contribution < 1.29 is 19.0 Å². The van der Waals surface area contributed by atoms with E-state index in [-0.39, 0.29) is 23.3 Å². The minimum Gasteiger partial charge on any atom is -0.481 e. The molecule has 0 unspecified atom stereocenters. The number of esters is 1. The molecular weight excluding hydrogens is 274 g/mol. The summed E-state index contributed by atoms with van der Waals surface area (Å²) in [7, 11) is 2.83. The van der Waals surface area contributed by atoms with Crippen LogP contribution in [0, 0.1) is 11.3 Å². The molecule has 1 aromatic heterocycles. The van der Waals surface area contributed by atoms with Crippen molar-refractivity contribution in [2.24, 2.45) is 0 Å². The first-order valence-electron chi connectivity index (χ1n) is 5.85. The summed E-state index contributed by atoms with van der Waals surface area (Å²) in [6.45, 7) is 0. The van der Waals surface area contributed by atoms with Crippen LogP contribution in [0.2, 0.25) is 0 Å². The number of ether oxygens (including phenoxy) is 3. The molecule has 106 valence electrons. The first-order chi connectivity index (χ1) is 10.2. The van der Waals surface area contributed by atoms with Gasteiger partial charge in [-0.15, -0.1) is 0 Å². The van der Waals surface area contributed by atoms with E-state index < -0.39 is 5.97 Å². The Morgan fingerprint density at radius 3 is 2.14 bits per heavy atom. The van der Waals surface area contributed by atoms with Gasteiger partial charge in [0.15, 0.2) is 0 Å². The molecule has 2 rings (SSSR count). The first kappa shape index (κ1) is 14.3. The number of rotatable bonds is 4. The maximum atomic E-state index is 12.0. The van der Waals surface area contributed by atoms with Gasteiger partial charge in [-0.3, -0.25) is 0 Å². The Morgan fingerprint density at radius 1 is 1.10 bits per heavy atom. The highest BCUT2D eigenvalue weighted by Crippen LogP contribution is 2.17. The number of hydrogen-bond donors (Lipinski definition) is 0. The number of hydrogen-bond acceptors (Lipinski definition) is 7. The van der Waals surface area contributed by atoms with Gasteiger partial charge < -0.3 is 14.2 Å². The third kappa shape index (κ3) is 3.45. The molecule has 0 bridgehead atoms. The van der Waals surface area contributed by atoms with E-state index in [0.29, 0.717) is 5.56 Å². The highest BCUT2D eigenvalue weighted by atomic mass is 16.5. The summed E-state index contributed by atoms with van der Waals surface area (Å²) in [4.78, 5) is 19.8. The third-order valence-corrected chi connectivity index (χ3v) is 2.47. The highest BCUT2D eigenvalue weighted by molar-refractivity contribution is 5.87. The van der Waals surface area contributed by atoms with Crippen molar-refractivity contribution in [1.82, 2.24) is 9.97 Å². The third-order valence-electron chi connectivity index (χ3n) is 2.47. The Morgan fingerprint density at radius 2 is 1.67 bits per heavy atom. The molecule has 7 heteroatoms. The summed E-state index contributed by atoms with van der Waals surface area (Å²) >= 11 is 0. The lowest BCUT2D eigenvalue weighted by atomic mass is 10.2. The average molecular weight is 285 g/mol. The fraction of sp³-hybridized carbons (Fsp3) is 0.143. The summed E-state index contributed by atoms with van der Waals surface area (Å²) in [5, 5.41) is 8.70. The van der Waals surface area contributed by atoms with E-state index in [1.807, 2.05) is 6.07 Å². The van der Waals surface area contributed by atoms with Gasteiger partial charge in [0, 0.05) is 0 Å². The first-order valence-corrected chi connectivity index (χ1v) is 5.85. The van der Waals surface area contributed by atoms with E-state index in [0.717, 1.165) is 0 Å². The molecule has 0 aliphatic heterocycles. The Labute approximate surface area is 120 Å². The number of nitrogens with zero attached hydrogens (tertiary/aromatic N) is 3. The van der Waals surface area contributed by atoms with E-state index in [2.05, 4.69) is 9.97 Å². The molecular formula is C14H11N3O4. The van der Waals surface area contributed by atoms with E-state index in [9.17, 15) is 4.79 Å². The van der Waals surface area contributed by atoms with Crippen molar-refractivity contribution in [3.8, 4) is 23.6 Å². The molecule has 7 nitrogen and oxygen atoms in total. The molecule has 0 atom stereocenters. The fourth-order valence-electron chi connectivity index (χ4n) is 1.45. The lowest BCUT2D eigenvalue weighted by Gasteiger charge is -2.06. The molecule has 0 aliphatic carbocycles. The van der Waals surface area contributed by atoms with Crippen molar-refractivity contribution in [2.75, 3.05) is 14.2 Å². The predicted molar refractivity (Wildman–Crippen MR) is 71.3 cm³/mol. The molecule has 0 saturated heterocycles. The van der Waals surface area contributed by atoms with E-state index in [4.69, 9.17) is 19.5 Å². The minimum atomic E-state index is -0.753. The summed E-state index contributed by atoms with van der Waals surface area (Å²) in [5.74, 6) is -0.279. The van der Waals surface area contributed by atoms with Gasteiger partial charge >= 0.3 is 5.97 Å². The van der Waals surface area contributed by atoms with Gasteiger partial charge in [0.05, 0.1) is 31.9 Å². The van der Waals surface area contributed by atoms with Crippen LogP contribution in [0.15, 0.2) is 30.3 Å².